The lowest BCUT2D eigenvalue weighted by Gasteiger charge is -2.15. The van der Waals surface area contributed by atoms with Gasteiger partial charge in [0.25, 0.3) is 0 Å². The molecular weight excluding hydrogens is 360 g/mol. The second-order valence-electron chi connectivity index (χ2n) is 5.67. The highest BCUT2D eigenvalue weighted by atomic mass is 32.2. The molecule has 0 saturated carbocycles. The number of hydrogen-bond donors (Lipinski definition) is 1. The number of hydrogen-bond acceptors (Lipinski definition) is 5. The zero-order valence-electron chi connectivity index (χ0n) is 14.0. The highest BCUT2D eigenvalue weighted by Gasteiger charge is 2.20. The van der Waals surface area contributed by atoms with Crippen LogP contribution in [0.5, 0.6) is 0 Å². The Labute approximate surface area is 149 Å². The van der Waals surface area contributed by atoms with E-state index in [9.17, 15) is 13.2 Å². The van der Waals surface area contributed by atoms with E-state index in [4.69, 9.17) is 4.42 Å². The van der Waals surface area contributed by atoms with Crippen LogP contribution in [-0.2, 0) is 17.1 Å². The van der Waals surface area contributed by atoms with E-state index in [1.165, 1.54) is 16.7 Å². The molecule has 0 saturated heterocycles. The van der Waals surface area contributed by atoms with Crippen molar-refractivity contribution >= 4 is 32.9 Å². The quantitative estimate of drug-likeness (QED) is 0.691. The Morgan fingerprint density at radius 1 is 1.16 bits per heavy atom. The zero-order valence-corrected chi connectivity index (χ0v) is 15.6. The molecule has 0 spiro atoms. The molecular formula is C17H18N2O4S2. The molecule has 25 heavy (non-hydrogen) atoms. The number of aryl methyl sites for hydroxylation is 1. The van der Waals surface area contributed by atoms with Crippen molar-refractivity contribution in [2.75, 3.05) is 6.26 Å². The van der Waals surface area contributed by atoms with Gasteiger partial charge in [0.05, 0.1) is 10.4 Å². The average Bonchev–Trinajstić information content (AvgIpc) is 2.88. The molecule has 0 aliphatic carbocycles. The predicted octanol–water partition coefficient (Wildman–Crippen LogP) is 2.89. The fourth-order valence-electron chi connectivity index (χ4n) is 2.54. The molecule has 132 valence electrons. The first-order valence-corrected chi connectivity index (χ1v) is 10.3. The van der Waals surface area contributed by atoms with Crippen LogP contribution in [-0.4, -0.2) is 19.2 Å². The number of benzene rings is 2. The van der Waals surface area contributed by atoms with E-state index < -0.39 is 15.8 Å². The third-order valence-corrected chi connectivity index (χ3v) is 6.30. The summed E-state index contributed by atoms with van der Waals surface area (Å²) in [5.74, 6) is -0.528. The molecule has 8 heteroatoms. The number of rotatable bonds is 5. The van der Waals surface area contributed by atoms with Crippen molar-refractivity contribution in [2.24, 2.45) is 7.05 Å². The largest absolute Gasteiger partial charge is 0.419 e. The highest BCUT2D eigenvalue weighted by Crippen LogP contribution is 2.22. The minimum atomic E-state index is -3.74. The minimum absolute atomic E-state index is 0.0573. The van der Waals surface area contributed by atoms with E-state index in [0.29, 0.717) is 5.52 Å². The van der Waals surface area contributed by atoms with Crippen molar-refractivity contribution < 1.29 is 12.8 Å². The molecule has 0 aliphatic rings. The fourth-order valence-corrected chi connectivity index (χ4v) is 4.20. The van der Waals surface area contributed by atoms with Gasteiger partial charge >= 0.3 is 5.76 Å². The Kier molecular flexibility index (Phi) is 4.77. The standard InChI is InChI=1S/C17H18N2O4S2/c1-11(12-4-6-13(24-3)7-5-12)18-25(21,22)14-8-9-15-16(10-14)23-17(20)19(15)2/h4-11,18H,1-3H3/t11-/m0/s1. The number of nitrogens with zero attached hydrogens (tertiary/aromatic N) is 1. The summed E-state index contributed by atoms with van der Waals surface area (Å²) >= 11 is 1.63. The van der Waals surface area contributed by atoms with E-state index in [1.807, 2.05) is 30.5 Å². The van der Waals surface area contributed by atoms with Crippen LogP contribution in [0, 0.1) is 0 Å². The van der Waals surface area contributed by atoms with E-state index >= 15 is 0 Å². The van der Waals surface area contributed by atoms with Crippen LogP contribution in [0.3, 0.4) is 0 Å². The molecule has 2 aromatic carbocycles. The molecule has 1 atom stereocenters. The van der Waals surface area contributed by atoms with Gasteiger partial charge in [0.1, 0.15) is 0 Å². The van der Waals surface area contributed by atoms with Crippen LogP contribution in [0.25, 0.3) is 11.1 Å². The van der Waals surface area contributed by atoms with E-state index in [1.54, 1.807) is 31.8 Å². The minimum Gasteiger partial charge on any atom is -0.408 e. The molecule has 0 bridgehead atoms. The van der Waals surface area contributed by atoms with Gasteiger partial charge in [-0.15, -0.1) is 11.8 Å². The summed E-state index contributed by atoms with van der Waals surface area (Å²) in [7, 11) is -2.17. The summed E-state index contributed by atoms with van der Waals surface area (Å²) in [6.07, 6.45) is 1.99. The number of thioether (sulfide) groups is 1. The zero-order chi connectivity index (χ0) is 18.2. The maximum absolute atomic E-state index is 12.6. The summed E-state index contributed by atoms with van der Waals surface area (Å²) in [5, 5.41) is 0. The van der Waals surface area contributed by atoms with Crippen LogP contribution in [0.2, 0.25) is 0 Å². The topological polar surface area (TPSA) is 81.3 Å². The van der Waals surface area contributed by atoms with Gasteiger partial charge in [-0.3, -0.25) is 4.57 Å². The van der Waals surface area contributed by atoms with Crippen molar-refractivity contribution in [3.05, 3.63) is 58.6 Å². The lowest BCUT2D eigenvalue weighted by molar-refractivity contribution is 0.527. The molecule has 0 amide bonds. The Balaban J connectivity index is 1.89. The summed E-state index contributed by atoms with van der Waals surface area (Å²) < 4.78 is 34.3. The molecule has 0 unspecified atom stereocenters. The summed E-state index contributed by atoms with van der Waals surface area (Å²) in [6.45, 7) is 1.78. The fraction of sp³-hybridized carbons (Fsp3) is 0.235. The normalized spacial score (nSPS) is 13.2. The molecule has 1 aromatic heterocycles. The second-order valence-corrected chi connectivity index (χ2v) is 8.27. The maximum atomic E-state index is 12.6. The smallest absolute Gasteiger partial charge is 0.408 e. The van der Waals surface area contributed by atoms with Gasteiger partial charge in [-0.1, -0.05) is 12.1 Å². The SMILES string of the molecule is CSc1ccc([C@H](C)NS(=O)(=O)c2ccc3c(c2)oc(=O)n3C)cc1. The first-order chi connectivity index (χ1) is 11.8. The second kappa shape index (κ2) is 6.70. The van der Waals surface area contributed by atoms with Crippen molar-refractivity contribution in [1.29, 1.82) is 0 Å². The first kappa shape index (κ1) is 17.8. The van der Waals surface area contributed by atoms with Gasteiger partial charge in [-0.05, 0) is 43.0 Å². The van der Waals surface area contributed by atoms with E-state index in [0.717, 1.165) is 10.5 Å². The molecule has 0 fully saturated rings. The molecule has 6 nitrogen and oxygen atoms in total. The third-order valence-electron chi connectivity index (χ3n) is 4.02. The average molecular weight is 378 g/mol. The Morgan fingerprint density at radius 2 is 1.84 bits per heavy atom. The summed E-state index contributed by atoms with van der Waals surface area (Å²) in [6, 6.07) is 11.7. The summed E-state index contributed by atoms with van der Waals surface area (Å²) in [4.78, 5) is 12.7. The van der Waals surface area contributed by atoms with Crippen LogP contribution < -0.4 is 10.5 Å². The Hall–Kier alpha value is -2.03. The lowest BCUT2D eigenvalue weighted by Crippen LogP contribution is -2.26. The third kappa shape index (κ3) is 3.51. The van der Waals surface area contributed by atoms with E-state index in [2.05, 4.69) is 4.72 Å². The van der Waals surface area contributed by atoms with Crippen molar-refractivity contribution in [2.45, 2.75) is 22.8 Å². The van der Waals surface area contributed by atoms with Gasteiger partial charge < -0.3 is 4.42 Å². The predicted molar refractivity (Wildman–Crippen MR) is 98.4 cm³/mol. The molecule has 3 aromatic rings. The van der Waals surface area contributed by atoms with Crippen LogP contribution in [0.1, 0.15) is 18.5 Å². The van der Waals surface area contributed by atoms with Gasteiger partial charge in [0.2, 0.25) is 10.0 Å². The van der Waals surface area contributed by atoms with Crippen LogP contribution >= 0.6 is 11.8 Å². The van der Waals surface area contributed by atoms with Gasteiger partial charge in [0.15, 0.2) is 5.58 Å². The van der Waals surface area contributed by atoms with Gasteiger partial charge in [0, 0.05) is 24.1 Å². The van der Waals surface area contributed by atoms with Gasteiger partial charge in [-0.2, -0.15) is 0 Å². The number of fused-ring (bicyclic) bond motifs is 1. The van der Waals surface area contributed by atoms with Crippen LogP contribution in [0.15, 0.2) is 61.5 Å². The highest BCUT2D eigenvalue weighted by molar-refractivity contribution is 7.98. The van der Waals surface area contributed by atoms with Crippen molar-refractivity contribution in [3.63, 3.8) is 0 Å². The molecule has 0 aliphatic heterocycles. The molecule has 1 N–H and O–H groups in total. The van der Waals surface area contributed by atoms with Crippen molar-refractivity contribution in [3.8, 4) is 0 Å². The van der Waals surface area contributed by atoms with E-state index in [-0.39, 0.29) is 16.5 Å². The van der Waals surface area contributed by atoms with Gasteiger partial charge in [-0.25, -0.2) is 17.9 Å². The number of sulfonamides is 1. The Morgan fingerprint density at radius 3 is 2.48 bits per heavy atom. The number of nitrogens with one attached hydrogen (secondary N) is 1. The molecule has 3 rings (SSSR count). The summed E-state index contributed by atoms with van der Waals surface area (Å²) in [5.41, 5.74) is 1.66. The Bertz CT molecular complexity index is 1070. The monoisotopic (exact) mass is 378 g/mol. The first-order valence-electron chi connectivity index (χ1n) is 7.57. The molecule has 0 radical (unpaired) electrons. The van der Waals surface area contributed by atoms with Crippen molar-refractivity contribution in [1.82, 2.24) is 9.29 Å². The maximum Gasteiger partial charge on any atom is 0.419 e. The lowest BCUT2D eigenvalue weighted by atomic mass is 10.1. The van der Waals surface area contributed by atoms with Crippen LogP contribution in [0.4, 0.5) is 0 Å². The number of aromatic nitrogens is 1. The number of oxazole rings is 1. The molecule has 1 heterocycles.